The number of aliphatic hydroxyl groups is 1. The third kappa shape index (κ3) is 2.71. The molecule has 7 heteroatoms. The molecule has 0 aromatic carbocycles. The molecule has 0 saturated heterocycles. The van der Waals surface area contributed by atoms with Crippen LogP contribution in [0.4, 0.5) is 0 Å². The summed E-state index contributed by atoms with van der Waals surface area (Å²) >= 11 is 1.40. The summed E-state index contributed by atoms with van der Waals surface area (Å²) in [7, 11) is 0. The van der Waals surface area contributed by atoms with Crippen molar-refractivity contribution >= 4 is 22.9 Å². The summed E-state index contributed by atoms with van der Waals surface area (Å²) in [6, 6.07) is 12.6. The first-order chi connectivity index (χ1) is 12.6. The molecule has 1 amide bonds. The normalized spacial score (nSPS) is 13.6. The van der Waals surface area contributed by atoms with Gasteiger partial charge in [0.05, 0.1) is 18.5 Å². The Morgan fingerprint density at radius 3 is 2.92 bits per heavy atom. The van der Waals surface area contributed by atoms with E-state index < -0.39 is 5.60 Å². The summed E-state index contributed by atoms with van der Waals surface area (Å²) in [6.45, 7) is 1.78. The number of thiophene rings is 1. The Morgan fingerprint density at radius 2 is 2.19 bits per heavy atom. The third-order valence-corrected chi connectivity index (χ3v) is 5.30. The molecule has 0 aliphatic heterocycles. The molecule has 0 spiro atoms. The van der Waals surface area contributed by atoms with Crippen molar-refractivity contribution in [2.75, 3.05) is 6.54 Å². The fourth-order valence-electron chi connectivity index (χ4n) is 3.00. The molecule has 0 radical (unpaired) electrons. The van der Waals surface area contributed by atoms with Crippen molar-refractivity contribution in [2.45, 2.75) is 12.5 Å². The third-order valence-electron chi connectivity index (χ3n) is 4.28. The van der Waals surface area contributed by atoms with Gasteiger partial charge in [0.15, 0.2) is 5.60 Å². The van der Waals surface area contributed by atoms with Crippen LogP contribution in [-0.4, -0.2) is 26.9 Å². The lowest BCUT2D eigenvalue weighted by Gasteiger charge is -2.25. The Morgan fingerprint density at radius 1 is 1.31 bits per heavy atom. The Kier molecular flexibility index (Phi) is 4.10. The molecule has 0 aliphatic carbocycles. The Balaban J connectivity index is 1.64. The zero-order valence-corrected chi connectivity index (χ0v) is 14.9. The Bertz CT molecular complexity index is 1000. The van der Waals surface area contributed by atoms with E-state index in [1.807, 2.05) is 35.7 Å². The topological polar surface area (TPSA) is 79.8 Å². The second-order valence-corrected chi connectivity index (χ2v) is 6.92. The lowest BCUT2D eigenvalue weighted by Crippen LogP contribution is -2.41. The molecule has 4 heterocycles. The van der Waals surface area contributed by atoms with Gasteiger partial charge in [0, 0.05) is 11.1 Å². The number of imidazole rings is 1. The monoisotopic (exact) mass is 367 g/mol. The molecule has 132 valence electrons. The van der Waals surface area contributed by atoms with Gasteiger partial charge in [-0.2, -0.15) is 0 Å². The number of pyridine rings is 1. The van der Waals surface area contributed by atoms with E-state index in [1.54, 1.807) is 29.7 Å². The minimum atomic E-state index is -1.43. The number of hydrogen-bond donors (Lipinski definition) is 2. The molecule has 1 atom stereocenters. The van der Waals surface area contributed by atoms with Crippen LogP contribution < -0.4 is 5.32 Å². The predicted molar refractivity (Wildman–Crippen MR) is 98.3 cm³/mol. The van der Waals surface area contributed by atoms with E-state index in [0.717, 1.165) is 0 Å². The lowest BCUT2D eigenvalue weighted by molar-refractivity contribution is 0.0552. The van der Waals surface area contributed by atoms with Crippen LogP contribution in [-0.2, 0) is 5.60 Å². The molecule has 0 aliphatic rings. The van der Waals surface area contributed by atoms with Crippen LogP contribution in [0.15, 0.2) is 64.7 Å². The van der Waals surface area contributed by atoms with Crippen LogP contribution in [0.25, 0.3) is 5.65 Å². The molecule has 6 nitrogen and oxygen atoms in total. The van der Waals surface area contributed by atoms with Crippen LogP contribution in [0.5, 0.6) is 0 Å². The number of rotatable bonds is 5. The maximum atomic E-state index is 12.8. The molecule has 4 aromatic heterocycles. The molecule has 0 saturated carbocycles. The number of fused-ring (bicyclic) bond motifs is 1. The number of amides is 1. The van der Waals surface area contributed by atoms with Gasteiger partial charge in [-0.15, -0.1) is 11.3 Å². The second-order valence-electron chi connectivity index (χ2n) is 5.97. The number of aryl methyl sites for hydroxylation is 1. The van der Waals surface area contributed by atoms with E-state index in [9.17, 15) is 9.90 Å². The smallest absolute Gasteiger partial charge is 0.270 e. The van der Waals surface area contributed by atoms with Crippen molar-refractivity contribution in [3.63, 3.8) is 0 Å². The van der Waals surface area contributed by atoms with Crippen molar-refractivity contribution in [3.05, 3.63) is 82.3 Å². The van der Waals surface area contributed by atoms with Gasteiger partial charge in [-0.05, 0) is 42.6 Å². The van der Waals surface area contributed by atoms with E-state index in [0.29, 0.717) is 27.7 Å². The standard InChI is InChI=1S/C19H17N3O3S/c1-13-17(22-9-3-2-8-16(22)21-13)18(23)20-12-19(24,14-6-4-10-25-14)15-7-5-11-26-15/h2-11,24H,12H2,1H3,(H,20,23). The fraction of sp³-hybridized carbons (Fsp3) is 0.158. The summed E-state index contributed by atoms with van der Waals surface area (Å²) in [4.78, 5) is 17.9. The molecule has 0 bridgehead atoms. The highest BCUT2D eigenvalue weighted by molar-refractivity contribution is 7.10. The van der Waals surface area contributed by atoms with Crippen molar-refractivity contribution in [3.8, 4) is 0 Å². The minimum Gasteiger partial charge on any atom is -0.466 e. The van der Waals surface area contributed by atoms with E-state index in [2.05, 4.69) is 10.3 Å². The van der Waals surface area contributed by atoms with Gasteiger partial charge in [0.2, 0.25) is 0 Å². The predicted octanol–water partition coefficient (Wildman–Crippen LogP) is 2.96. The highest BCUT2D eigenvalue weighted by Gasteiger charge is 2.36. The molecule has 1 unspecified atom stereocenters. The van der Waals surface area contributed by atoms with Crippen molar-refractivity contribution in [1.82, 2.24) is 14.7 Å². The molecular weight excluding hydrogens is 350 g/mol. The van der Waals surface area contributed by atoms with E-state index in [-0.39, 0.29) is 12.5 Å². The number of furan rings is 1. The van der Waals surface area contributed by atoms with Gasteiger partial charge in [-0.25, -0.2) is 4.98 Å². The van der Waals surface area contributed by atoms with E-state index in [4.69, 9.17) is 4.42 Å². The van der Waals surface area contributed by atoms with Crippen LogP contribution in [0.3, 0.4) is 0 Å². The van der Waals surface area contributed by atoms with Gasteiger partial charge in [-0.1, -0.05) is 12.1 Å². The van der Waals surface area contributed by atoms with Crippen molar-refractivity contribution in [1.29, 1.82) is 0 Å². The van der Waals surface area contributed by atoms with E-state index >= 15 is 0 Å². The zero-order chi connectivity index (χ0) is 18.1. The number of carbonyl (C=O) groups is 1. The first-order valence-electron chi connectivity index (χ1n) is 8.12. The zero-order valence-electron chi connectivity index (χ0n) is 14.0. The number of nitrogens with one attached hydrogen (secondary N) is 1. The van der Waals surface area contributed by atoms with Crippen molar-refractivity contribution in [2.24, 2.45) is 0 Å². The van der Waals surface area contributed by atoms with Gasteiger partial charge in [0.25, 0.3) is 5.91 Å². The lowest BCUT2D eigenvalue weighted by atomic mass is 9.98. The summed E-state index contributed by atoms with van der Waals surface area (Å²) in [5.74, 6) is 0.0813. The molecule has 4 rings (SSSR count). The molecular formula is C19H17N3O3S. The molecule has 26 heavy (non-hydrogen) atoms. The van der Waals surface area contributed by atoms with Gasteiger partial charge in [0.1, 0.15) is 17.1 Å². The van der Waals surface area contributed by atoms with Crippen LogP contribution in [0, 0.1) is 6.92 Å². The molecule has 2 N–H and O–H groups in total. The SMILES string of the molecule is Cc1nc2ccccn2c1C(=O)NCC(O)(c1ccco1)c1cccs1. The average Bonchev–Trinajstić information content (AvgIpc) is 3.39. The van der Waals surface area contributed by atoms with Gasteiger partial charge >= 0.3 is 0 Å². The maximum Gasteiger partial charge on any atom is 0.270 e. The minimum absolute atomic E-state index is 0.0145. The van der Waals surface area contributed by atoms with Crippen LogP contribution in [0.2, 0.25) is 0 Å². The van der Waals surface area contributed by atoms with Gasteiger partial charge in [-0.3, -0.25) is 9.20 Å². The molecule has 4 aromatic rings. The number of aromatic nitrogens is 2. The first kappa shape index (κ1) is 16.6. The Labute approximate surface area is 153 Å². The largest absolute Gasteiger partial charge is 0.466 e. The highest BCUT2D eigenvalue weighted by atomic mass is 32.1. The quantitative estimate of drug-likeness (QED) is 0.568. The Hall–Kier alpha value is -2.90. The van der Waals surface area contributed by atoms with Crippen LogP contribution in [0.1, 0.15) is 26.8 Å². The highest BCUT2D eigenvalue weighted by Crippen LogP contribution is 2.32. The summed E-state index contributed by atoms with van der Waals surface area (Å²) in [5.41, 5.74) is 0.358. The van der Waals surface area contributed by atoms with Gasteiger partial charge < -0.3 is 14.8 Å². The van der Waals surface area contributed by atoms with Crippen molar-refractivity contribution < 1.29 is 14.3 Å². The second kappa shape index (κ2) is 6.44. The summed E-state index contributed by atoms with van der Waals surface area (Å²) in [5, 5.41) is 15.9. The van der Waals surface area contributed by atoms with E-state index in [1.165, 1.54) is 17.6 Å². The average molecular weight is 367 g/mol. The molecule has 0 fully saturated rings. The summed E-state index contributed by atoms with van der Waals surface area (Å²) in [6.07, 6.45) is 3.30. The first-order valence-corrected chi connectivity index (χ1v) is 9.00. The number of nitrogens with zero attached hydrogens (tertiary/aromatic N) is 2. The number of hydrogen-bond acceptors (Lipinski definition) is 5. The number of carbonyl (C=O) groups excluding carboxylic acids is 1. The maximum absolute atomic E-state index is 12.8. The fourth-order valence-corrected chi connectivity index (χ4v) is 3.83. The summed E-state index contributed by atoms with van der Waals surface area (Å²) < 4.78 is 7.17. The van der Waals surface area contributed by atoms with Crippen LogP contribution >= 0.6 is 11.3 Å².